The Hall–Kier alpha value is -2.09. The lowest BCUT2D eigenvalue weighted by Gasteiger charge is -2.07. The molecule has 2 nitrogen and oxygen atoms in total. The second kappa shape index (κ2) is 6.60. The SMILES string of the molecule is C=C(/C(C)=C\C=C/C)/C(N)=C/c1cccnc1C. The van der Waals surface area contributed by atoms with Crippen molar-refractivity contribution >= 4 is 6.08 Å². The summed E-state index contributed by atoms with van der Waals surface area (Å²) < 4.78 is 0. The van der Waals surface area contributed by atoms with Gasteiger partial charge in [0.1, 0.15) is 0 Å². The summed E-state index contributed by atoms with van der Waals surface area (Å²) in [6.45, 7) is 9.96. The summed E-state index contributed by atoms with van der Waals surface area (Å²) in [6.07, 6.45) is 9.64. The molecule has 1 heterocycles. The lowest BCUT2D eigenvalue weighted by atomic mass is 10.0. The van der Waals surface area contributed by atoms with Gasteiger partial charge in [0.05, 0.1) is 0 Å². The maximum absolute atomic E-state index is 6.06. The Balaban J connectivity index is 2.97. The fraction of sp³-hybridized carbons (Fsp3) is 0.188. The van der Waals surface area contributed by atoms with Gasteiger partial charge in [-0.1, -0.05) is 30.9 Å². The molecule has 94 valence electrons. The van der Waals surface area contributed by atoms with Crippen LogP contribution >= 0.6 is 0 Å². The number of aryl methyl sites for hydroxylation is 1. The summed E-state index contributed by atoms with van der Waals surface area (Å²) in [5.74, 6) is 0. The topological polar surface area (TPSA) is 38.9 Å². The molecule has 0 amide bonds. The van der Waals surface area contributed by atoms with Gasteiger partial charge in [-0.3, -0.25) is 4.98 Å². The van der Waals surface area contributed by atoms with Crippen LogP contribution in [-0.4, -0.2) is 4.98 Å². The van der Waals surface area contributed by atoms with Crippen molar-refractivity contribution in [3.63, 3.8) is 0 Å². The molecule has 0 aliphatic heterocycles. The molecule has 0 unspecified atom stereocenters. The molecule has 0 bridgehead atoms. The first kappa shape index (κ1) is 14.0. The first-order valence-electron chi connectivity index (χ1n) is 5.94. The van der Waals surface area contributed by atoms with E-state index in [9.17, 15) is 0 Å². The van der Waals surface area contributed by atoms with E-state index in [0.717, 1.165) is 22.4 Å². The highest BCUT2D eigenvalue weighted by atomic mass is 14.7. The fourth-order valence-electron chi connectivity index (χ4n) is 1.47. The zero-order chi connectivity index (χ0) is 13.5. The molecule has 1 rings (SSSR count). The van der Waals surface area contributed by atoms with Crippen LogP contribution in [0.4, 0.5) is 0 Å². The minimum Gasteiger partial charge on any atom is -0.398 e. The van der Waals surface area contributed by atoms with Gasteiger partial charge in [-0.25, -0.2) is 0 Å². The van der Waals surface area contributed by atoms with Crippen LogP contribution < -0.4 is 5.73 Å². The fourth-order valence-corrected chi connectivity index (χ4v) is 1.47. The number of nitrogens with zero attached hydrogens (tertiary/aromatic N) is 1. The first-order chi connectivity index (χ1) is 8.56. The van der Waals surface area contributed by atoms with Crippen molar-refractivity contribution in [2.24, 2.45) is 5.73 Å². The number of rotatable bonds is 4. The summed E-state index contributed by atoms with van der Waals surface area (Å²) in [5, 5.41) is 0. The van der Waals surface area contributed by atoms with Gasteiger partial charge in [-0.2, -0.15) is 0 Å². The molecule has 0 fully saturated rings. The molecule has 0 saturated carbocycles. The lowest BCUT2D eigenvalue weighted by Crippen LogP contribution is -2.01. The Morgan fingerprint density at radius 3 is 2.78 bits per heavy atom. The Bertz CT molecular complexity index is 520. The van der Waals surface area contributed by atoms with E-state index in [1.54, 1.807) is 6.20 Å². The van der Waals surface area contributed by atoms with Crippen molar-refractivity contribution in [2.75, 3.05) is 0 Å². The van der Waals surface area contributed by atoms with E-state index in [2.05, 4.69) is 11.6 Å². The molecule has 2 heteroatoms. The third kappa shape index (κ3) is 3.74. The maximum atomic E-state index is 6.06. The number of hydrogen-bond acceptors (Lipinski definition) is 2. The third-order valence-corrected chi connectivity index (χ3v) is 2.72. The highest BCUT2D eigenvalue weighted by molar-refractivity contribution is 5.61. The van der Waals surface area contributed by atoms with E-state index < -0.39 is 0 Å². The summed E-state index contributed by atoms with van der Waals surface area (Å²) in [7, 11) is 0. The molecule has 0 radical (unpaired) electrons. The van der Waals surface area contributed by atoms with E-state index in [1.807, 2.05) is 57.2 Å². The van der Waals surface area contributed by atoms with Gasteiger partial charge < -0.3 is 5.73 Å². The Kier molecular flexibility index (Phi) is 5.12. The van der Waals surface area contributed by atoms with Crippen LogP contribution in [0.1, 0.15) is 25.1 Å². The average Bonchev–Trinajstić information content (AvgIpc) is 2.37. The summed E-state index contributed by atoms with van der Waals surface area (Å²) in [5.41, 5.74) is 10.6. The number of hydrogen-bond donors (Lipinski definition) is 1. The first-order valence-corrected chi connectivity index (χ1v) is 5.94. The molecule has 0 saturated heterocycles. The van der Waals surface area contributed by atoms with Crippen LogP contribution in [0.3, 0.4) is 0 Å². The van der Waals surface area contributed by atoms with Gasteiger partial charge in [0, 0.05) is 17.6 Å². The molecule has 2 N–H and O–H groups in total. The van der Waals surface area contributed by atoms with Crippen LogP contribution in [0.25, 0.3) is 6.08 Å². The molecular weight excluding hydrogens is 220 g/mol. The van der Waals surface area contributed by atoms with E-state index in [1.165, 1.54) is 0 Å². The van der Waals surface area contributed by atoms with Gasteiger partial charge in [-0.15, -0.1) is 0 Å². The molecule has 18 heavy (non-hydrogen) atoms. The standard InChI is InChI=1S/C16H20N2/c1-5-6-8-12(2)13(3)16(17)11-15-9-7-10-18-14(15)4/h5-11H,3,17H2,1-2,4H3/b6-5-,12-8-,16-11-. The molecule has 1 aromatic heterocycles. The second-order valence-corrected chi connectivity index (χ2v) is 4.13. The second-order valence-electron chi connectivity index (χ2n) is 4.13. The molecule has 0 aliphatic carbocycles. The van der Waals surface area contributed by atoms with Gasteiger partial charge in [0.25, 0.3) is 0 Å². The number of pyridine rings is 1. The van der Waals surface area contributed by atoms with Crippen molar-refractivity contribution < 1.29 is 0 Å². The molecule has 0 spiro atoms. The van der Waals surface area contributed by atoms with Gasteiger partial charge in [0.15, 0.2) is 0 Å². The highest BCUT2D eigenvalue weighted by Gasteiger charge is 2.02. The molecule has 0 aromatic carbocycles. The summed E-state index contributed by atoms with van der Waals surface area (Å²) >= 11 is 0. The van der Waals surface area contributed by atoms with E-state index in [4.69, 9.17) is 5.73 Å². The number of aromatic nitrogens is 1. The maximum Gasteiger partial charge on any atom is 0.0445 e. The van der Waals surface area contributed by atoms with Crippen LogP contribution in [0, 0.1) is 6.92 Å². The van der Waals surface area contributed by atoms with Crippen molar-refractivity contribution in [3.05, 3.63) is 71.2 Å². The van der Waals surface area contributed by atoms with E-state index in [0.29, 0.717) is 5.70 Å². The monoisotopic (exact) mass is 240 g/mol. The van der Waals surface area contributed by atoms with Crippen LogP contribution in [-0.2, 0) is 0 Å². The molecular formula is C16H20N2. The van der Waals surface area contributed by atoms with Gasteiger partial charge in [-0.05, 0) is 49.6 Å². The predicted octanol–water partition coefficient (Wildman–Crippen LogP) is 3.77. The molecule has 0 atom stereocenters. The molecule has 1 aromatic rings. The van der Waals surface area contributed by atoms with E-state index >= 15 is 0 Å². The lowest BCUT2D eigenvalue weighted by molar-refractivity contribution is 1.18. The number of nitrogens with two attached hydrogens (primary N) is 1. The Morgan fingerprint density at radius 2 is 2.17 bits per heavy atom. The highest BCUT2D eigenvalue weighted by Crippen LogP contribution is 2.17. The van der Waals surface area contributed by atoms with Crippen molar-refractivity contribution in [1.29, 1.82) is 0 Å². The largest absolute Gasteiger partial charge is 0.398 e. The minimum atomic E-state index is 0.671. The third-order valence-electron chi connectivity index (χ3n) is 2.72. The number of allylic oxidation sites excluding steroid dienone is 4. The molecule has 0 aliphatic rings. The quantitative estimate of drug-likeness (QED) is 0.814. The summed E-state index contributed by atoms with van der Waals surface area (Å²) in [4.78, 5) is 4.23. The van der Waals surface area contributed by atoms with Crippen LogP contribution in [0.2, 0.25) is 0 Å². The van der Waals surface area contributed by atoms with Crippen LogP contribution in [0.5, 0.6) is 0 Å². The smallest absolute Gasteiger partial charge is 0.0445 e. The van der Waals surface area contributed by atoms with Crippen molar-refractivity contribution in [3.8, 4) is 0 Å². The van der Waals surface area contributed by atoms with E-state index in [-0.39, 0.29) is 0 Å². The van der Waals surface area contributed by atoms with Crippen molar-refractivity contribution in [1.82, 2.24) is 4.98 Å². The van der Waals surface area contributed by atoms with Crippen LogP contribution in [0.15, 0.2) is 60.0 Å². The van der Waals surface area contributed by atoms with Crippen molar-refractivity contribution in [2.45, 2.75) is 20.8 Å². The Morgan fingerprint density at radius 1 is 1.44 bits per heavy atom. The zero-order valence-electron chi connectivity index (χ0n) is 11.3. The average molecular weight is 240 g/mol. The minimum absolute atomic E-state index is 0.671. The van der Waals surface area contributed by atoms with Gasteiger partial charge >= 0.3 is 0 Å². The predicted molar refractivity (Wildman–Crippen MR) is 78.8 cm³/mol. The zero-order valence-corrected chi connectivity index (χ0v) is 11.3. The van der Waals surface area contributed by atoms with Gasteiger partial charge in [0.2, 0.25) is 0 Å². The Labute approximate surface area is 109 Å². The summed E-state index contributed by atoms with van der Waals surface area (Å²) in [6, 6.07) is 3.89. The normalized spacial score (nSPS) is 13.1.